The van der Waals surface area contributed by atoms with E-state index in [0.29, 0.717) is 19.8 Å². The summed E-state index contributed by atoms with van der Waals surface area (Å²) in [6, 6.07) is 3.96. The average molecular weight is 311 g/mol. The van der Waals surface area contributed by atoms with Crippen LogP contribution in [-0.2, 0) is 16.1 Å². The van der Waals surface area contributed by atoms with Gasteiger partial charge >= 0.3 is 5.97 Å². The number of methoxy groups -OCH3 is 1. The first kappa shape index (κ1) is 16.0. The summed E-state index contributed by atoms with van der Waals surface area (Å²) in [6.07, 6.45) is 2.01. The van der Waals surface area contributed by atoms with E-state index >= 15 is 0 Å². The van der Waals surface area contributed by atoms with E-state index < -0.39 is 5.54 Å². The Balaban J connectivity index is 2.17. The van der Waals surface area contributed by atoms with Crippen LogP contribution in [0.25, 0.3) is 0 Å². The molecule has 0 aromatic heterocycles. The molecule has 6 heteroatoms. The fourth-order valence-electron chi connectivity index (χ4n) is 2.08. The van der Waals surface area contributed by atoms with Crippen LogP contribution in [0, 0.1) is 0 Å². The van der Waals surface area contributed by atoms with Crippen molar-refractivity contribution in [3.8, 4) is 11.5 Å². The molecule has 0 atom stereocenters. The van der Waals surface area contributed by atoms with Crippen LogP contribution in [0.15, 0.2) is 17.0 Å². The molecule has 0 bridgehead atoms. The SMILES string of the molecule is COC(=O)C(C)(C)NCc1cc2c(cc1SC)OCCO2. The maximum atomic E-state index is 11.7. The number of rotatable bonds is 5. The van der Waals surface area contributed by atoms with Crippen LogP contribution in [-0.4, -0.2) is 38.1 Å². The molecule has 1 aliphatic heterocycles. The first-order chi connectivity index (χ1) is 9.97. The number of fused-ring (bicyclic) bond motifs is 1. The van der Waals surface area contributed by atoms with Crippen molar-refractivity contribution >= 4 is 17.7 Å². The Morgan fingerprint density at radius 3 is 2.52 bits per heavy atom. The number of esters is 1. The van der Waals surface area contributed by atoms with E-state index in [1.54, 1.807) is 25.6 Å². The normalized spacial score (nSPS) is 13.9. The van der Waals surface area contributed by atoms with Crippen molar-refractivity contribution in [2.24, 2.45) is 0 Å². The van der Waals surface area contributed by atoms with Gasteiger partial charge in [-0.25, -0.2) is 0 Å². The minimum absolute atomic E-state index is 0.286. The molecular weight excluding hydrogens is 290 g/mol. The van der Waals surface area contributed by atoms with E-state index in [1.165, 1.54) is 7.11 Å². The fourth-order valence-corrected chi connectivity index (χ4v) is 2.70. The van der Waals surface area contributed by atoms with Gasteiger partial charge in [-0.05, 0) is 37.8 Å². The lowest BCUT2D eigenvalue weighted by atomic mass is 10.1. The zero-order valence-corrected chi connectivity index (χ0v) is 13.6. The molecule has 5 nitrogen and oxygen atoms in total. The Labute approximate surface area is 129 Å². The van der Waals surface area contributed by atoms with Gasteiger partial charge in [0.2, 0.25) is 0 Å². The summed E-state index contributed by atoms with van der Waals surface area (Å²) >= 11 is 1.64. The Morgan fingerprint density at radius 2 is 1.95 bits per heavy atom. The smallest absolute Gasteiger partial charge is 0.325 e. The van der Waals surface area contributed by atoms with Crippen molar-refractivity contribution in [3.05, 3.63) is 17.7 Å². The summed E-state index contributed by atoms with van der Waals surface area (Å²) < 4.78 is 16.0. The lowest BCUT2D eigenvalue weighted by Gasteiger charge is -2.25. The van der Waals surface area contributed by atoms with Crippen LogP contribution in [0.2, 0.25) is 0 Å². The molecule has 116 valence electrons. The molecule has 0 unspecified atom stereocenters. The van der Waals surface area contributed by atoms with Gasteiger partial charge in [0.1, 0.15) is 18.8 Å². The minimum atomic E-state index is -0.738. The van der Waals surface area contributed by atoms with Crippen molar-refractivity contribution in [3.63, 3.8) is 0 Å². The zero-order chi connectivity index (χ0) is 15.5. The summed E-state index contributed by atoms with van der Waals surface area (Å²) in [7, 11) is 1.39. The second kappa shape index (κ2) is 6.58. The highest BCUT2D eigenvalue weighted by Gasteiger charge is 2.28. The Bertz CT molecular complexity index is 531. The molecular formula is C15H21NO4S. The summed E-state index contributed by atoms with van der Waals surface area (Å²) in [5.74, 6) is 1.25. The molecule has 1 N–H and O–H groups in total. The second-order valence-corrected chi connectivity index (χ2v) is 6.13. The number of ether oxygens (including phenoxy) is 3. The molecule has 0 amide bonds. The molecule has 1 heterocycles. The van der Waals surface area contributed by atoms with Crippen molar-refractivity contribution in [2.45, 2.75) is 30.8 Å². The lowest BCUT2D eigenvalue weighted by Crippen LogP contribution is -2.47. The molecule has 0 saturated heterocycles. The molecule has 1 aromatic carbocycles. The maximum absolute atomic E-state index is 11.7. The monoisotopic (exact) mass is 311 g/mol. The first-order valence-electron chi connectivity index (χ1n) is 6.78. The number of thioether (sulfide) groups is 1. The number of hydrogen-bond acceptors (Lipinski definition) is 6. The van der Waals surface area contributed by atoms with Crippen LogP contribution in [0.3, 0.4) is 0 Å². The van der Waals surface area contributed by atoms with Gasteiger partial charge < -0.3 is 14.2 Å². The Kier molecular flexibility index (Phi) is 5.00. The zero-order valence-electron chi connectivity index (χ0n) is 12.8. The fraction of sp³-hybridized carbons (Fsp3) is 0.533. The molecule has 2 rings (SSSR count). The predicted molar refractivity (Wildman–Crippen MR) is 82.1 cm³/mol. The molecule has 0 saturated carbocycles. The van der Waals surface area contributed by atoms with Crippen molar-refractivity contribution in [2.75, 3.05) is 26.6 Å². The van der Waals surface area contributed by atoms with Crippen LogP contribution >= 0.6 is 11.8 Å². The van der Waals surface area contributed by atoms with Crippen molar-refractivity contribution in [1.82, 2.24) is 5.32 Å². The minimum Gasteiger partial charge on any atom is -0.486 e. The van der Waals surface area contributed by atoms with Gasteiger partial charge in [0.05, 0.1) is 7.11 Å². The number of nitrogens with one attached hydrogen (secondary N) is 1. The van der Waals surface area contributed by atoms with E-state index in [9.17, 15) is 4.79 Å². The van der Waals surface area contributed by atoms with Crippen LogP contribution in [0.4, 0.5) is 0 Å². The standard InChI is InChI=1S/C15H21NO4S/c1-15(2,14(17)18-3)16-9-10-7-11-12(8-13(10)21-4)20-6-5-19-11/h7-8,16H,5-6,9H2,1-4H3. The van der Waals surface area contributed by atoms with Gasteiger partial charge in [0.15, 0.2) is 11.5 Å². The van der Waals surface area contributed by atoms with Gasteiger partial charge in [-0.2, -0.15) is 0 Å². The van der Waals surface area contributed by atoms with Gasteiger partial charge in [0, 0.05) is 11.4 Å². The topological polar surface area (TPSA) is 56.8 Å². The summed E-state index contributed by atoms with van der Waals surface area (Å²) in [5, 5.41) is 3.22. The van der Waals surface area contributed by atoms with Crippen LogP contribution in [0.1, 0.15) is 19.4 Å². The van der Waals surface area contributed by atoms with Crippen molar-refractivity contribution in [1.29, 1.82) is 0 Å². The molecule has 0 aliphatic carbocycles. The summed E-state index contributed by atoms with van der Waals surface area (Å²) in [6.45, 7) is 5.29. The largest absolute Gasteiger partial charge is 0.486 e. The third-order valence-electron chi connectivity index (χ3n) is 3.36. The van der Waals surface area contributed by atoms with Gasteiger partial charge in [0.25, 0.3) is 0 Å². The number of hydrogen-bond donors (Lipinski definition) is 1. The quantitative estimate of drug-likeness (QED) is 0.665. The molecule has 21 heavy (non-hydrogen) atoms. The number of benzene rings is 1. The third-order valence-corrected chi connectivity index (χ3v) is 4.18. The van der Waals surface area contributed by atoms with Gasteiger partial charge in [-0.3, -0.25) is 10.1 Å². The van der Waals surface area contributed by atoms with E-state index in [2.05, 4.69) is 5.32 Å². The van der Waals surface area contributed by atoms with Crippen molar-refractivity contribution < 1.29 is 19.0 Å². The van der Waals surface area contributed by atoms with E-state index in [0.717, 1.165) is 22.0 Å². The number of carbonyl (C=O) groups excluding carboxylic acids is 1. The van der Waals surface area contributed by atoms with E-state index in [1.807, 2.05) is 18.4 Å². The van der Waals surface area contributed by atoms with E-state index in [-0.39, 0.29) is 5.97 Å². The first-order valence-corrected chi connectivity index (χ1v) is 8.00. The molecule has 0 radical (unpaired) electrons. The van der Waals surface area contributed by atoms with Gasteiger partial charge in [-0.15, -0.1) is 11.8 Å². The molecule has 0 fully saturated rings. The third kappa shape index (κ3) is 3.63. The highest BCUT2D eigenvalue weighted by molar-refractivity contribution is 7.98. The van der Waals surface area contributed by atoms with E-state index in [4.69, 9.17) is 14.2 Å². The van der Waals surface area contributed by atoms with Crippen LogP contribution < -0.4 is 14.8 Å². The molecule has 1 aliphatic rings. The average Bonchev–Trinajstić information content (AvgIpc) is 2.51. The Hall–Kier alpha value is -1.40. The highest BCUT2D eigenvalue weighted by atomic mass is 32.2. The summed E-state index contributed by atoms with van der Waals surface area (Å²) in [4.78, 5) is 12.8. The Morgan fingerprint density at radius 1 is 1.33 bits per heavy atom. The highest BCUT2D eigenvalue weighted by Crippen LogP contribution is 2.36. The molecule has 0 spiro atoms. The summed E-state index contributed by atoms with van der Waals surface area (Å²) in [5.41, 5.74) is 0.334. The maximum Gasteiger partial charge on any atom is 0.325 e. The van der Waals surface area contributed by atoms with Crippen LogP contribution in [0.5, 0.6) is 11.5 Å². The number of carbonyl (C=O) groups is 1. The molecule has 1 aromatic rings. The predicted octanol–water partition coefficient (Wildman–Crippen LogP) is 2.22. The lowest BCUT2D eigenvalue weighted by molar-refractivity contribution is -0.147. The second-order valence-electron chi connectivity index (χ2n) is 5.28. The van der Waals surface area contributed by atoms with Gasteiger partial charge in [-0.1, -0.05) is 0 Å².